The maximum Gasteiger partial charge on any atom is 0.119 e. The van der Waals surface area contributed by atoms with Gasteiger partial charge < -0.3 is 14.8 Å². The summed E-state index contributed by atoms with van der Waals surface area (Å²) in [5, 5.41) is 3.61. The van der Waals surface area contributed by atoms with Gasteiger partial charge in [-0.1, -0.05) is 26.0 Å². The molecular formula is C17H29NO2. The van der Waals surface area contributed by atoms with Gasteiger partial charge in [0.15, 0.2) is 0 Å². The van der Waals surface area contributed by atoms with E-state index in [0.717, 1.165) is 31.7 Å². The van der Waals surface area contributed by atoms with Crippen LogP contribution in [-0.4, -0.2) is 25.9 Å². The molecule has 0 aliphatic carbocycles. The Morgan fingerprint density at radius 2 is 1.70 bits per heavy atom. The Labute approximate surface area is 123 Å². The monoisotopic (exact) mass is 279 g/mol. The van der Waals surface area contributed by atoms with Crippen LogP contribution in [0.2, 0.25) is 0 Å². The van der Waals surface area contributed by atoms with Gasteiger partial charge in [0.05, 0.1) is 18.8 Å². The number of hydrogen-bond acceptors (Lipinski definition) is 3. The Balaban J connectivity index is 2.84. The molecule has 0 saturated carbocycles. The third-order valence-electron chi connectivity index (χ3n) is 3.32. The summed E-state index contributed by atoms with van der Waals surface area (Å²) in [7, 11) is 0. The van der Waals surface area contributed by atoms with Crippen molar-refractivity contribution in [1.29, 1.82) is 0 Å². The molecule has 0 heterocycles. The smallest absolute Gasteiger partial charge is 0.119 e. The maximum absolute atomic E-state index is 5.89. The Kier molecular flexibility index (Phi) is 8.31. The first-order valence-corrected chi connectivity index (χ1v) is 7.84. The molecule has 0 amide bonds. The predicted molar refractivity (Wildman–Crippen MR) is 84.4 cm³/mol. The van der Waals surface area contributed by atoms with Gasteiger partial charge in [-0.3, -0.25) is 0 Å². The number of benzene rings is 1. The van der Waals surface area contributed by atoms with Gasteiger partial charge in [0.2, 0.25) is 0 Å². The summed E-state index contributed by atoms with van der Waals surface area (Å²) in [6.45, 7) is 10.9. The van der Waals surface area contributed by atoms with Gasteiger partial charge in [0.1, 0.15) is 5.75 Å². The highest BCUT2D eigenvalue weighted by molar-refractivity contribution is 5.29. The van der Waals surface area contributed by atoms with Crippen molar-refractivity contribution in [2.75, 3.05) is 19.8 Å². The van der Waals surface area contributed by atoms with Crippen molar-refractivity contribution in [2.24, 2.45) is 0 Å². The fourth-order valence-corrected chi connectivity index (χ4v) is 2.37. The molecule has 1 rings (SSSR count). The third-order valence-corrected chi connectivity index (χ3v) is 3.32. The number of hydrogen-bond donors (Lipinski definition) is 1. The second-order valence-electron chi connectivity index (χ2n) is 4.84. The predicted octanol–water partition coefficient (Wildman–Crippen LogP) is 3.94. The van der Waals surface area contributed by atoms with Crippen molar-refractivity contribution in [3.8, 4) is 5.75 Å². The average molecular weight is 279 g/mol. The van der Waals surface area contributed by atoms with Crippen LogP contribution in [0.1, 0.15) is 52.1 Å². The number of rotatable bonds is 10. The van der Waals surface area contributed by atoms with E-state index in [9.17, 15) is 0 Å². The van der Waals surface area contributed by atoms with E-state index in [2.05, 4.69) is 38.2 Å². The van der Waals surface area contributed by atoms with Gasteiger partial charge in [0.25, 0.3) is 0 Å². The molecule has 1 aromatic carbocycles. The van der Waals surface area contributed by atoms with E-state index in [-0.39, 0.29) is 12.1 Å². The molecule has 1 aromatic rings. The molecule has 0 fully saturated rings. The van der Waals surface area contributed by atoms with Crippen molar-refractivity contribution in [2.45, 2.75) is 52.7 Å². The largest absolute Gasteiger partial charge is 0.494 e. The van der Waals surface area contributed by atoms with Crippen LogP contribution in [0.5, 0.6) is 5.75 Å². The molecule has 114 valence electrons. The first-order valence-electron chi connectivity index (χ1n) is 7.84. The summed E-state index contributed by atoms with van der Waals surface area (Å²) in [6.07, 6.45) is 2.34. The van der Waals surface area contributed by atoms with E-state index in [0.29, 0.717) is 6.61 Å². The quantitative estimate of drug-likeness (QED) is 0.703. The Bertz CT molecular complexity index is 351. The van der Waals surface area contributed by atoms with Crippen LogP contribution in [0.25, 0.3) is 0 Å². The fraction of sp³-hybridized carbons (Fsp3) is 0.647. The summed E-state index contributed by atoms with van der Waals surface area (Å²) < 4.78 is 11.4. The van der Waals surface area contributed by atoms with E-state index >= 15 is 0 Å². The molecule has 0 bridgehead atoms. The van der Waals surface area contributed by atoms with Gasteiger partial charge in [-0.25, -0.2) is 0 Å². The molecule has 0 radical (unpaired) electrons. The minimum atomic E-state index is 0.212. The third kappa shape index (κ3) is 5.14. The minimum Gasteiger partial charge on any atom is -0.494 e. The lowest BCUT2D eigenvalue weighted by Gasteiger charge is -2.27. The van der Waals surface area contributed by atoms with Crippen LogP contribution in [0.3, 0.4) is 0 Å². The summed E-state index contributed by atoms with van der Waals surface area (Å²) in [5.41, 5.74) is 1.27. The Hall–Kier alpha value is -1.06. The molecule has 0 aromatic heterocycles. The molecular weight excluding hydrogens is 250 g/mol. The van der Waals surface area contributed by atoms with E-state index in [1.165, 1.54) is 5.56 Å². The average Bonchev–Trinajstić information content (AvgIpc) is 2.48. The van der Waals surface area contributed by atoms with E-state index in [1.54, 1.807) is 0 Å². The van der Waals surface area contributed by atoms with E-state index < -0.39 is 0 Å². The molecule has 0 saturated heterocycles. The Morgan fingerprint density at radius 3 is 2.20 bits per heavy atom. The van der Waals surface area contributed by atoms with Crippen LogP contribution < -0.4 is 10.1 Å². The van der Waals surface area contributed by atoms with Crippen LogP contribution in [0, 0.1) is 0 Å². The molecule has 20 heavy (non-hydrogen) atoms. The molecule has 3 nitrogen and oxygen atoms in total. The van der Waals surface area contributed by atoms with Gasteiger partial charge in [0, 0.05) is 6.61 Å². The van der Waals surface area contributed by atoms with Crippen LogP contribution in [0.4, 0.5) is 0 Å². The second kappa shape index (κ2) is 9.78. The lowest BCUT2D eigenvalue weighted by atomic mass is 9.99. The topological polar surface area (TPSA) is 30.5 Å². The van der Waals surface area contributed by atoms with Crippen molar-refractivity contribution >= 4 is 0 Å². The fourth-order valence-electron chi connectivity index (χ4n) is 2.37. The lowest BCUT2D eigenvalue weighted by Crippen LogP contribution is -2.34. The lowest BCUT2D eigenvalue weighted by molar-refractivity contribution is 0.0314. The summed E-state index contributed by atoms with van der Waals surface area (Å²) in [5.74, 6) is 0.926. The maximum atomic E-state index is 5.89. The highest BCUT2D eigenvalue weighted by atomic mass is 16.5. The first kappa shape index (κ1) is 17.0. The standard InChI is InChI=1S/C17H29NO2/c1-5-13-18-17(16(6-2)20-8-4)14-9-11-15(12-10-14)19-7-3/h9-12,16-18H,5-8,13H2,1-4H3. The molecule has 0 aliphatic heterocycles. The van der Waals surface area contributed by atoms with Gasteiger partial charge >= 0.3 is 0 Å². The zero-order valence-corrected chi connectivity index (χ0v) is 13.3. The zero-order valence-electron chi connectivity index (χ0n) is 13.3. The molecule has 2 unspecified atom stereocenters. The summed E-state index contributed by atoms with van der Waals surface area (Å²) >= 11 is 0. The number of ether oxygens (including phenoxy) is 2. The molecule has 1 N–H and O–H groups in total. The van der Waals surface area contributed by atoms with Gasteiger partial charge in [-0.05, 0) is 50.9 Å². The van der Waals surface area contributed by atoms with Crippen molar-refractivity contribution in [3.63, 3.8) is 0 Å². The highest BCUT2D eigenvalue weighted by Crippen LogP contribution is 2.24. The van der Waals surface area contributed by atoms with Crippen LogP contribution in [-0.2, 0) is 4.74 Å². The van der Waals surface area contributed by atoms with Crippen molar-refractivity contribution < 1.29 is 9.47 Å². The van der Waals surface area contributed by atoms with Crippen LogP contribution in [0.15, 0.2) is 24.3 Å². The summed E-state index contributed by atoms with van der Waals surface area (Å²) in [6, 6.07) is 8.60. The normalized spacial score (nSPS) is 14.0. The first-order chi connectivity index (χ1) is 9.76. The van der Waals surface area contributed by atoms with Gasteiger partial charge in [-0.2, -0.15) is 0 Å². The summed E-state index contributed by atoms with van der Waals surface area (Å²) in [4.78, 5) is 0. The molecule has 3 heteroatoms. The number of nitrogens with one attached hydrogen (secondary N) is 1. The molecule has 0 aliphatic rings. The van der Waals surface area contributed by atoms with Crippen molar-refractivity contribution in [1.82, 2.24) is 5.32 Å². The van der Waals surface area contributed by atoms with Crippen LogP contribution >= 0.6 is 0 Å². The van der Waals surface area contributed by atoms with E-state index in [1.807, 2.05) is 19.1 Å². The zero-order chi connectivity index (χ0) is 14.8. The van der Waals surface area contributed by atoms with Gasteiger partial charge in [-0.15, -0.1) is 0 Å². The minimum absolute atomic E-state index is 0.212. The molecule has 2 atom stereocenters. The van der Waals surface area contributed by atoms with E-state index in [4.69, 9.17) is 9.47 Å². The SMILES string of the molecule is CCCNC(c1ccc(OCC)cc1)C(CC)OCC. The Morgan fingerprint density at radius 1 is 1.00 bits per heavy atom. The van der Waals surface area contributed by atoms with Crippen molar-refractivity contribution in [3.05, 3.63) is 29.8 Å². The molecule has 0 spiro atoms. The highest BCUT2D eigenvalue weighted by Gasteiger charge is 2.21. The second-order valence-corrected chi connectivity index (χ2v) is 4.84.